The summed E-state index contributed by atoms with van der Waals surface area (Å²) in [7, 11) is 0. The minimum Gasteiger partial charge on any atom is -0.342 e. The maximum Gasteiger partial charge on any atom is 0.227 e. The van der Waals surface area contributed by atoms with E-state index in [0.717, 1.165) is 63.7 Å². The summed E-state index contributed by atoms with van der Waals surface area (Å²) in [4.78, 5) is 29.3. The van der Waals surface area contributed by atoms with Crippen molar-refractivity contribution in [3.05, 3.63) is 0 Å². The summed E-state index contributed by atoms with van der Waals surface area (Å²) in [5, 5.41) is 3.48. The standard InChI is InChI=1S/C18H29N3O2.ClH/c22-17-9-15(12-21(17)16-3-1-2-4-16)18(23)20-7-5-13-10-19-11-14(13)6-8-20;/h13-16,19H,1-12H2;1H/t13-,14+,15?;. The molecule has 4 aliphatic rings. The quantitative estimate of drug-likeness (QED) is 0.819. The molecule has 0 aromatic heterocycles. The zero-order valence-corrected chi connectivity index (χ0v) is 15.2. The van der Waals surface area contributed by atoms with Crippen molar-refractivity contribution < 1.29 is 9.59 Å². The average molecular weight is 356 g/mol. The smallest absolute Gasteiger partial charge is 0.227 e. The summed E-state index contributed by atoms with van der Waals surface area (Å²) in [6, 6.07) is 0.412. The molecule has 2 amide bonds. The van der Waals surface area contributed by atoms with Crippen LogP contribution in [0.3, 0.4) is 0 Å². The minimum atomic E-state index is -0.0841. The lowest BCUT2D eigenvalue weighted by Crippen LogP contribution is -2.39. The van der Waals surface area contributed by atoms with E-state index in [9.17, 15) is 9.59 Å². The summed E-state index contributed by atoms with van der Waals surface area (Å²) in [5.74, 6) is 1.86. The Morgan fingerprint density at radius 1 is 1.00 bits per heavy atom. The van der Waals surface area contributed by atoms with Gasteiger partial charge in [-0.1, -0.05) is 12.8 Å². The number of amides is 2. The van der Waals surface area contributed by atoms with Crippen molar-refractivity contribution in [1.29, 1.82) is 0 Å². The van der Waals surface area contributed by atoms with Crippen LogP contribution in [-0.2, 0) is 9.59 Å². The average Bonchev–Trinajstić information content (AvgIpc) is 3.26. The van der Waals surface area contributed by atoms with E-state index in [1.54, 1.807) is 0 Å². The van der Waals surface area contributed by atoms with Crippen molar-refractivity contribution in [3.8, 4) is 0 Å². The molecule has 5 nitrogen and oxygen atoms in total. The molecule has 3 heterocycles. The molecule has 0 bridgehead atoms. The maximum absolute atomic E-state index is 12.9. The zero-order valence-electron chi connectivity index (χ0n) is 14.4. The molecule has 24 heavy (non-hydrogen) atoms. The van der Waals surface area contributed by atoms with Crippen molar-refractivity contribution in [2.24, 2.45) is 17.8 Å². The fourth-order valence-corrected chi connectivity index (χ4v) is 5.16. The van der Waals surface area contributed by atoms with Gasteiger partial charge in [-0.05, 0) is 50.6 Å². The van der Waals surface area contributed by atoms with E-state index < -0.39 is 0 Å². The number of halogens is 1. The van der Waals surface area contributed by atoms with E-state index in [1.807, 2.05) is 4.90 Å². The van der Waals surface area contributed by atoms with Crippen molar-refractivity contribution in [3.63, 3.8) is 0 Å². The number of fused-ring (bicyclic) bond motifs is 1. The number of carbonyl (C=O) groups excluding carboxylic acids is 2. The summed E-state index contributed by atoms with van der Waals surface area (Å²) in [6.07, 6.45) is 7.42. The van der Waals surface area contributed by atoms with Gasteiger partial charge in [0.2, 0.25) is 11.8 Å². The van der Waals surface area contributed by atoms with Crippen molar-refractivity contribution >= 4 is 24.2 Å². The third kappa shape index (κ3) is 3.43. The van der Waals surface area contributed by atoms with Gasteiger partial charge in [0.25, 0.3) is 0 Å². The first-order valence-corrected chi connectivity index (χ1v) is 9.51. The Hall–Kier alpha value is -0.810. The number of likely N-dealkylation sites (tertiary alicyclic amines) is 2. The van der Waals surface area contributed by atoms with Crippen molar-refractivity contribution in [2.75, 3.05) is 32.7 Å². The number of nitrogens with one attached hydrogen (secondary N) is 1. The van der Waals surface area contributed by atoms with Gasteiger partial charge in [-0.3, -0.25) is 9.59 Å². The lowest BCUT2D eigenvalue weighted by atomic mass is 9.92. The molecule has 1 aliphatic carbocycles. The minimum absolute atomic E-state index is 0. The predicted molar refractivity (Wildman–Crippen MR) is 95.0 cm³/mol. The molecule has 1 saturated carbocycles. The van der Waals surface area contributed by atoms with Gasteiger partial charge in [-0.15, -0.1) is 12.4 Å². The Balaban J connectivity index is 0.00000169. The molecule has 3 aliphatic heterocycles. The summed E-state index contributed by atoms with van der Waals surface area (Å²) in [5.41, 5.74) is 0. The molecule has 4 rings (SSSR count). The third-order valence-electron chi connectivity index (χ3n) is 6.60. The molecule has 3 atom stereocenters. The second-order valence-corrected chi connectivity index (χ2v) is 7.97. The largest absolute Gasteiger partial charge is 0.342 e. The molecule has 4 fully saturated rings. The SMILES string of the molecule is Cl.O=C(C1CC(=O)N(C2CCCC2)C1)N1CC[C@@H]2CNC[C@@H]2CC1. The molecule has 6 heteroatoms. The van der Waals surface area contributed by atoms with Gasteiger partial charge >= 0.3 is 0 Å². The number of nitrogens with zero attached hydrogens (tertiary/aromatic N) is 2. The van der Waals surface area contributed by atoms with E-state index >= 15 is 0 Å². The van der Waals surface area contributed by atoms with Crippen LogP contribution in [-0.4, -0.2) is 60.4 Å². The highest BCUT2D eigenvalue weighted by molar-refractivity contribution is 5.89. The van der Waals surface area contributed by atoms with E-state index in [2.05, 4.69) is 10.2 Å². The number of hydrogen-bond acceptors (Lipinski definition) is 3. The van der Waals surface area contributed by atoms with E-state index in [-0.39, 0.29) is 30.1 Å². The molecular weight excluding hydrogens is 326 g/mol. The predicted octanol–water partition coefficient (Wildman–Crippen LogP) is 1.66. The molecule has 0 aromatic carbocycles. The molecule has 3 saturated heterocycles. The Bertz CT molecular complexity index is 467. The first kappa shape index (κ1) is 18.0. The molecule has 136 valence electrons. The van der Waals surface area contributed by atoms with E-state index in [4.69, 9.17) is 0 Å². The second kappa shape index (κ2) is 7.61. The van der Waals surface area contributed by atoms with Crippen molar-refractivity contribution in [1.82, 2.24) is 15.1 Å². The maximum atomic E-state index is 12.9. The van der Waals surface area contributed by atoms with Crippen LogP contribution in [0.4, 0.5) is 0 Å². The van der Waals surface area contributed by atoms with Crippen LogP contribution in [0.25, 0.3) is 0 Å². The van der Waals surface area contributed by atoms with Gasteiger partial charge in [-0.25, -0.2) is 0 Å². The highest BCUT2D eigenvalue weighted by Crippen LogP contribution is 2.32. The lowest BCUT2D eigenvalue weighted by Gasteiger charge is -2.26. The molecule has 0 aromatic rings. The topological polar surface area (TPSA) is 52.7 Å². The van der Waals surface area contributed by atoms with Gasteiger partial charge < -0.3 is 15.1 Å². The van der Waals surface area contributed by atoms with Crippen LogP contribution < -0.4 is 5.32 Å². The highest BCUT2D eigenvalue weighted by Gasteiger charge is 2.41. The molecule has 1 N–H and O–H groups in total. The Morgan fingerprint density at radius 3 is 2.25 bits per heavy atom. The van der Waals surface area contributed by atoms with Gasteiger partial charge in [0.15, 0.2) is 0 Å². The Morgan fingerprint density at radius 2 is 1.62 bits per heavy atom. The zero-order chi connectivity index (χ0) is 15.8. The second-order valence-electron chi connectivity index (χ2n) is 7.97. The Kier molecular flexibility index (Phi) is 5.70. The monoisotopic (exact) mass is 355 g/mol. The first-order valence-electron chi connectivity index (χ1n) is 9.51. The van der Waals surface area contributed by atoms with Crippen LogP contribution in [0.1, 0.15) is 44.9 Å². The third-order valence-corrected chi connectivity index (χ3v) is 6.60. The van der Waals surface area contributed by atoms with Crippen LogP contribution in [0.5, 0.6) is 0 Å². The number of hydrogen-bond donors (Lipinski definition) is 1. The van der Waals surface area contributed by atoms with Crippen molar-refractivity contribution in [2.45, 2.75) is 51.0 Å². The van der Waals surface area contributed by atoms with Gasteiger partial charge in [0, 0.05) is 32.1 Å². The van der Waals surface area contributed by atoms with Gasteiger partial charge in [0.1, 0.15) is 0 Å². The Labute approximate surface area is 150 Å². The summed E-state index contributed by atoms with van der Waals surface area (Å²) < 4.78 is 0. The number of rotatable bonds is 2. The van der Waals surface area contributed by atoms with Crippen LogP contribution in [0.2, 0.25) is 0 Å². The molecular formula is C18H30ClN3O2. The van der Waals surface area contributed by atoms with Crippen LogP contribution in [0.15, 0.2) is 0 Å². The molecule has 1 unspecified atom stereocenters. The lowest BCUT2D eigenvalue weighted by molar-refractivity contribution is -0.135. The molecule has 0 radical (unpaired) electrons. The van der Waals surface area contributed by atoms with E-state index in [0.29, 0.717) is 19.0 Å². The normalized spacial score (nSPS) is 34.2. The van der Waals surface area contributed by atoms with Crippen LogP contribution >= 0.6 is 12.4 Å². The van der Waals surface area contributed by atoms with Gasteiger partial charge in [0.05, 0.1) is 5.92 Å². The fourth-order valence-electron chi connectivity index (χ4n) is 5.16. The van der Waals surface area contributed by atoms with E-state index in [1.165, 1.54) is 12.8 Å². The fraction of sp³-hybridized carbons (Fsp3) is 0.889. The first-order chi connectivity index (χ1) is 11.2. The molecule has 0 spiro atoms. The number of carbonyl (C=O) groups is 2. The summed E-state index contributed by atoms with van der Waals surface area (Å²) >= 11 is 0. The van der Waals surface area contributed by atoms with Gasteiger partial charge in [-0.2, -0.15) is 0 Å². The van der Waals surface area contributed by atoms with Crippen LogP contribution in [0, 0.1) is 17.8 Å². The summed E-state index contributed by atoms with van der Waals surface area (Å²) in [6.45, 7) is 4.67. The highest BCUT2D eigenvalue weighted by atomic mass is 35.5.